The van der Waals surface area contributed by atoms with Gasteiger partial charge < -0.3 is 15.7 Å². The zero-order chi connectivity index (χ0) is 13.9. The summed E-state index contributed by atoms with van der Waals surface area (Å²) in [6.07, 6.45) is -5.38. The van der Waals surface area contributed by atoms with E-state index in [1.54, 1.807) is 0 Å². The molecule has 0 unspecified atom stereocenters. The largest absolute Gasteiger partial charge is 0.506 e. The van der Waals surface area contributed by atoms with Crippen molar-refractivity contribution in [3.05, 3.63) is 23.8 Å². The number of alkyl halides is 3. The predicted molar refractivity (Wildman–Crippen MR) is 60.2 cm³/mol. The summed E-state index contributed by atoms with van der Waals surface area (Å²) in [7, 11) is 1.27. The summed E-state index contributed by atoms with van der Waals surface area (Å²) < 4.78 is 36.0. The fraction of sp³-hybridized carbons (Fsp3) is 0.364. The van der Waals surface area contributed by atoms with Crippen molar-refractivity contribution in [3.8, 4) is 5.75 Å². The Balaban J connectivity index is 2.71. The Morgan fingerprint density at radius 2 is 2.06 bits per heavy atom. The number of phenols is 1. The number of carbonyl (C=O) groups is 1. The molecule has 0 atom stereocenters. The number of halogens is 3. The number of phenolic OH excluding ortho intramolecular Hbond substituents is 1. The molecule has 0 aliphatic heterocycles. The van der Waals surface area contributed by atoms with E-state index < -0.39 is 25.0 Å². The summed E-state index contributed by atoms with van der Waals surface area (Å²) in [6.45, 7) is -0.437. The second kappa shape index (κ2) is 5.16. The molecule has 0 saturated heterocycles. The predicted octanol–water partition coefficient (Wildman–Crippen LogP) is 2.00. The highest BCUT2D eigenvalue weighted by molar-refractivity contribution is 5.95. The molecule has 0 fully saturated rings. The minimum atomic E-state index is -4.31. The maximum atomic E-state index is 12.0. The number of rotatable bonds is 3. The smallest absolute Gasteiger partial charge is 0.390 e. The molecule has 3 N–H and O–H groups in total. The Morgan fingerprint density at radius 3 is 2.56 bits per heavy atom. The minimum Gasteiger partial charge on any atom is -0.506 e. The fourth-order valence-corrected chi connectivity index (χ4v) is 1.29. The van der Waals surface area contributed by atoms with E-state index in [0.717, 1.165) is 11.0 Å². The molecule has 1 rings (SSSR count). The Morgan fingerprint density at radius 1 is 1.44 bits per heavy atom. The molecule has 1 aromatic rings. The van der Waals surface area contributed by atoms with Gasteiger partial charge in [-0.15, -0.1) is 0 Å². The number of hydrogen-bond donors (Lipinski definition) is 2. The van der Waals surface area contributed by atoms with Gasteiger partial charge in [0, 0.05) is 19.2 Å². The Bertz CT molecular complexity index is 446. The molecule has 0 spiro atoms. The number of hydrogen-bond acceptors (Lipinski definition) is 3. The van der Waals surface area contributed by atoms with Crippen LogP contribution in [0, 0.1) is 0 Å². The summed E-state index contributed by atoms with van der Waals surface area (Å²) in [5, 5.41) is 9.31. The van der Waals surface area contributed by atoms with E-state index in [2.05, 4.69) is 0 Å². The van der Waals surface area contributed by atoms with Gasteiger partial charge in [-0.2, -0.15) is 13.2 Å². The first-order valence-corrected chi connectivity index (χ1v) is 5.11. The van der Waals surface area contributed by atoms with Crippen LogP contribution >= 0.6 is 0 Å². The van der Waals surface area contributed by atoms with Crippen LogP contribution in [-0.4, -0.2) is 35.7 Å². The third-order valence-corrected chi connectivity index (χ3v) is 2.35. The van der Waals surface area contributed by atoms with Crippen LogP contribution in [0.1, 0.15) is 16.8 Å². The third-order valence-electron chi connectivity index (χ3n) is 2.35. The van der Waals surface area contributed by atoms with Crippen molar-refractivity contribution in [2.75, 3.05) is 19.3 Å². The number of nitrogens with zero attached hydrogens (tertiary/aromatic N) is 1. The molecule has 1 amide bonds. The van der Waals surface area contributed by atoms with Crippen molar-refractivity contribution in [3.63, 3.8) is 0 Å². The van der Waals surface area contributed by atoms with Crippen LogP contribution in [0.25, 0.3) is 0 Å². The number of carbonyl (C=O) groups excluding carboxylic acids is 1. The standard InChI is InChI=1S/C11H13F3N2O2/c1-16(5-4-11(12,13)14)10(18)7-2-3-8(15)9(17)6-7/h2-3,6,17H,4-5,15H2,1H3. The zero-order valence-corrected chi connectivity index (χ0v) is 9.66. The summed E-state index contributed by atoms with van der Waals surface area (Å²) in [5.74, 6) is -0.875. The van der Waals surface area contributed by atoms with Crippen molar-refractivity contribution < 1.29 is 23.1 Å². The summed E-state index contributed by atoms with van der Waals surface area (Å²) in [5.41, 5.74) is 5.55. The first kappa shape index (κ1) is 14.1. The highest BCUT2D eigenvalue weighted by Crippen LogP contribution is 2.23. The van der Waals surface area contributed by atoms with Crippen molar-refractivity contribution in [1.29, 1.82) is 0 Å². The van der Waals surface area contributed by atoms with E-state index >= 15 is 0 Å². The van der Waals surface area contributed by atoms with Gasteiger partial charge in [0.25, 0.3) is 5.91 Å². The second-order valence-corrected chi connectivity index (χ2v) is 3.87. The topological polar surface area (TPSA) is 66.6 Å². The van der Waals surface area contributed by atoms with E-state index in [1.165, 1.54) is 19.2 Å². The van der Waals surface area contributed by atoms with E-state index in [1.807, 2.05) is 0 Å². The van der Waals surface area contributed by atoms with Crippen LogP contribution in [0.15, 0.2) is 18.2 Å². The minimum absolute atomic E-state index is 0.0892. The van der Waals surface area contributed by atoms with E-state index in [4.69, 9.17) is 5.73 Å². The summed E-state index contributed by atoms with van der Waals surface area (Å²) in [6, 6.07) is 3.80. The van der Waals surface area contributed by atoms with Crippen LogP contribution < -0.4 is 5.73 Å². The maximum absolute atomic E-state index is 12.0. The van der Waals surface area contributed by atoms with Crippen LogP contribution in [0.5, 0.6) is 5.75 Å². The molecule has 0 radical (unpaired) electrons. The molecule has 0 heterocycles. The Labute approximate surface area is 102 Å². The average molecular weight is 262 g/mol. The number of amides is 1. The molecular weight excluding hydrogens is 249 g/mol. The lowest BCUT2D eigenvalue weighted by molar-refractivity contribution is -0.136. The van der Waals surface area contributed by atoms with Gasteiger partial charge in [0.1, 0.15) is 5.75 Å². The Hall–Kier alpha value is -1.92. The lowest BCUT2D eigenvalue weighted by atomic mass is 10.1. The Kier molecular flexibility index (Phi) is 4.05. The van der Waals surface area contributed by atoms with Gasteiger partial charge in [-0.25, -0.2) is 0 Å². The van der Waals surface area contributed by atoms with Crippen molar-refractivity contribution >= 4 is 11.6 Å². The van der Waals surface area contributed by atoms with Gasteiger partial charge in [-0.3, -0.25) is 4.79 Å². The second-order valence-electron chi connectivity index (χ2n) is 3.87. The molecule has 0 aliphatic carbocycles. The molecule has 0 aromatic heterocycles. The van der Waals surface area contributed by atoms with Gasteiger partial charge >= 0.3 is 6.18 Å². The van der Waals surface area contributed by atoms with Crippen LogP contribution in [0.2, 0.25) is 0 Å². The highest BCUT2D eigenvalue weighted by Gasteiger charge is 2.28. The first-order chi connectivity index (χ1) is 8.20. The van der Waals surface area contributed by atoms with Gasteiger partial charge in [0.05, 0.1) is 12.1 Å². The van der Waals surface area contributed by atoms with Crippen molar-refractivity contribution in [2.24, 2.45) is 0 Å². The van der Waals surface area contributed by atoms with Crippen molar-refractivity contribution in [1.82, 2.24) is 4.90 Å². The van der Waals surface area contributed by atoms with E-state index in [-0.39, 0.29) is 17.0 Å². The highest BCUT2D eigenvalue weighted by atomic mass is 19.4. The van der Waals surface area contributed by atoms with Gasteiger partial charge in [0.2, 0.25) is 0 Å². The normalized spacial score (nSPS) is 11.3. The molecule has 100 valence electrons. The maximum Gasteiger partial charge on any atom is 0.390 e. The summed E-state index contributed by atoms with van der Waals surface area (Å²) >= 11 is 0. The van der Waals surface area contributed by atoms with Crippen LogP contribution in [0.4, 0.5) is 18.9 Å². The van der Waals surface area contributed by atoms with Gasteiger partial charge in [-0.05, 0) is 18.2 Å². The molecule has 1 aromatic carbocycles. The number of nitrogens with two attached hydrogens (primary N) is 1. The number of nitrogen functional groups attached to an aromatic ring is 1. The molecule has 0 saturated carbocycles. The molecule has 7 heteroatoms. The molecule has 4 nitrogen and oxygen atoms in total. The SMILES string of the molecule is CN(CCC(F)(F)F)C(=O)c1ccc(N)c(O)c1. The quantitative estimate of drug-likeness (QED) is 0.646. The fourth-order valence-electron chi connectivity index (χ4n) is 1.29. The lowest BCUT2D eigenvalue weighted by Crippen LogP contribution is -2.30. The van der Waals surface area contributed by atoms with E-state index in [0.29, 0.717) is 0 Å². The monoisotopic (exact) mass is 262 g/mol. The van der Waals surface area contributed by atoms with E-state index in [9.17, 15) is 23.1 Å². The first-order valence-electron chi connectivity index (χ1n) is 5.11. The molecular formula is C11H13F3N2O2. The molecule has 0 aliphatic rings. The van der Waals surface area contributed by atoms with Crippen LogP contribution in [0.3, 0.4) is 0 Å². The van der Waals surface area contributed by atoms with Crippen molar-refractivity contribution in [2.45, 2.75) is 12.6 Å². The zero-order valence-electron chi connectivity index (χ0n) is 9.66. The average Bonchev–Trinajstić information content (AvgIpc) is 2.27. The van der Waals surface area contributed by atoms with Gasteiger partial charge in [-0.1, -0.05) is 0 Å². The number of anilines is 1. The molecule has 0 bridgehead atoms. The number of aromatic hydroxyl groups is 1. The van der Waals surface area contributed by atoms with Crippen LogP contribution in [-0.2, 0) is 0 Å². The van der Waals surface area contributed by atoms with Gasteiger partial charge in [0.15, 0.2) is 0 Å². The third kappa shape index (κ3) is 3.83. The summed E-state index contributed by atoms with van der Waals surface area (Å²) in [4.78, 5) is 12.7. The number of benzene rings is 1. The lowest BCUT2D eigenvalue weighted by Gasteiger charge is -2.18. The molecule has 18 heavy (non-hydrogen) atoms.